The van der Waals surface area contributed by atoms with Crippen LogP contribution in [0.5, 0.6) is 11.6 Å². The highest BCUT2D eigenvalue weighted by molar-refractivity contribution is 5.96. The molecule has 0 spiro atoms. The molecule has 2 aromatic rings. The quantitative estimate of drug-likeness (QED) is 0.536. The molecule has 1 saturated heterocycles. The maximum absolute atomic E-state index is 12.4. The van der Waals surface area contributed by atoms with E-state index < -0.39 is 5.60 Å². The number of carbonyl (C=O) groups excluding carboxylic acids is 2. The fraction of sp³-hybridized carbons (Fsp3) is 0.500. The van der Waals surface area contributed by atoms with Crippen LogP contribution >= 0.6 is 0 Å². The Kier molecular flexibility index (Phi) is 8.56. The van der Waals surface area contributed by atoms with E-state index >= 15 is 0 Å². The topological polar surface area (TPSA) is 90.4 Å². The minimum absolute atomic E-state index is 0.250. The monoisotopic (exact) mass is 485 g/mol. The molecule has 9 heteroatoms. The Labute approximate surface area is 206 Å². The van der Waals surface area contributed by atoms with Gasteiger partial charge in [-0.25, -0.2) is 14.8 Å². The number of hydrogen-bond donors (Lipinski definition) is 0. The highest BCUT2D eigenvalue weighted by Gasteiger charge is 2.28. The highest BCUT2D eigenvalue weighted by atomic mass is 16.7. The van der Waals surface area contributed by atoms with E-state index in [4.69, 9.17) is 24.0 Å². The second-order valence-electron chi connectivity index (χ2n) is 9.45. The molecule has 1 aromatic heterocycles. The summed E-state index contributed by atoms with van der Waals surface area (Å²) in [5.74, 6) is 0.915. The number of rotatable bonds is 7. The van der Waals surface area contributed by atoms with E-state index in [-0.39, 0.29) is 24.5 Å². The normalized spacial score (nSPS) is 14.4. The second-order valence-corrected chi connectivity index (χ2v) is 9.45. The average molecular weight is 486 g/mol. The van der Waals surface area contributed by atoms with Crippen LogP contribution in [0.4, 0.5) is 4.79 Å². The Balaban J connectivity index is 1.60. The first-order chi connectivity index (χ1) is 16.6. The number of piperidine rings is 1. The number of aromatic nitrogens is 1. The summed E-state index contributed by atoms with van der Waals surface area (Å²) in [5.41, 5.74) is 1.70. The molecule has 190 valence electrons. The van der Waals surface area contributed by atoms with Crippen molar-refractivity contribution >= 4 is 12.0 Å². The molecule has 9 nitrogen and oxygen atoms in total. The minimum Gasteiger partial charge on any atom is -0.496 e. The summed E-state index contributed by atoms with van der Waals surface area (Å²) in [6.45, 7) is 7.16. The molecule has 0 saturated carbocycles. The summed E-state index contributed by atoms with van der Waals surface area (Å²) in [6.07, 6.45) is 1.37. The van der Waals surface area contributed by atoms with Gasteiger partial charge in [-0.05, 0) is 57.4 Å². The molecule has 35 heavy (non-hydrogen) atoms. The number of methoxy groups -OCH3 is 1. The third-order valence-corrected chi connectivity index (χ3v) is 5.75. The first kappa shape index (κ1) is 26.3. The van der Waals surface area contributed by atoms with Crippen LogP contribution in [0.2, 0.25) is 0 Å². The van der Waals surface area contributed by atoms with Crippen LogP contribution in [-0.2, 0) is 16.2 Å². The van der Waals surface area contributed by atoms with Crippen molar-refractivity contribution < 1.29 is 28.6 Å². The molecular formula is C26H35N3O6. The second kappa shape index (κ2) is 11.4. The van der Waals surface area contributed by atoms with Gasteiger partial charge in [-0.2, -0.15) is 0 Å². The molecule has 1 aliphatic rings. The van der Waals surface area contributed by atoms with Crippen molar-refractivity contribution in [3.05, 3.63) is 53.2 Å². The number of carbonyl (C=O) groups is 2. The Bertz CT molecular complexity index is 1030. The van der Waals surface area contributed by atoms with E-state index in [2.05, 4.69) is 0 Å². The third-order valence-electron chi connectivity index (χ3n) is 5.75. The Morgan fingerprint density at radius 3 is 2.46 bits per heavy atom. The summed E-state index contributed by atoms with van der Waals surface area (Å²) >= 11 is 0. The fourth-order valence-electron chi connectivity index (χ4n) is 3.83. The molecule has 2 amide bonds. The first-order valence-corrected chi connectivity index (χ1v) is 11.7. The van der Waals surface area contributed by atoms with Gasteiger partial charge in [0.25, 0.3) is 5.91 Å². The molecule has 1 aliphatic heterocycles. The largest absolute Gasteiger partial charge is 0.496 e. The lowest BCUT2D eigenvalue weighted by molar-refractivity contribution is -0.0758. The van der Waals surface area contributed by atoms with E-state index in [0.717, 1.165) is 29.2 Å². The molecule has 3 rings (SSSR count). The number of benzene rings is 1. The molecule has 2 heterocycles. The van der Waals surface area contributed by atoms with Gasteiger partial charge in [-0.3, -0.25) is 9.63 Å². The Hall–Kier alpha value is -3.33. The SMILES string of the molecule is COc1cc(COc2cccc(C3CCN(C(=O)OC(C)(C)C)CC3)n2)ccc1C(=O)N(C)OC. The van der Waals surface area contributed by atoms with Gasteiger partial charge in [-0.1, -0.05) is 12.1 Å². The van der Waals surface area contributed by atoms with Gasteiger partial charge >= 0.3 is 6.09 Å². The van der Waals surface area contributed by atoms with E-state index in [1.807, 2.05) is 45.0 Å². The first-order valence-electron chi connectivity index (χ1n) is 11.7. The van der Waals surface area contributed by atoms with Crippen molar-refractivity contribution in [1.29, 1.82) is 0 Å². The van der Waals surface area contributed by atoms with Crippen LogP contribution in [0.25, 0.3) is 0 Å². The summed E-state index contributed by atoms with van der Waals surface area (Å²) in [6, 6.07) is 11.0. The van der Waals surface area contributed by atoms with E-state index in [9.17, 15) is 9.59 Å². The van der Waals surface area contributed by atoms with Crippen molar-refractivity contribution in [3.63, 3.8) is 0 Å². The number of hydroxylamine groups is 2. The van der Waals surface area contributed by atoms with Crippen LogP contribution in [0.1, 0.15) is 61.1 Å². The van der Waals surface area contributed by atoms with E-state index in [1.165, 1.54) is 14.2 Å². The zero-order valence-corrected chi connectivity index (χ0v) is 21.4. The van der Waals surface area contributed by atoms with E-state index in [0.29, 0.717) is 30.3 Å². The molecule has 0 radical (unpaired) electrons. The standard InChI is InChI=1S/C26H35N3O6/c1-26(2,3)35-25(31)29-14-12-19(13-15-29)21-8-7-9-23(27-21)34-17-18-10-11-20(22(16-18)32-5)24(30)28(4)33-6/h7-11,16,19H,12-15,17H2,1-6H3. The predicted octanol–water partition coefficient (Wildman–Crippen LogP) is 4.42. The zero-order valence-electron chi connectivity index (χ0n) is 21.4. The van der Waals surface area contributed by atoms with Crippen LogP contribution in [0, 0.1) is 0 Å². The fourth-order valence-corrected chi connectivity index (χ4v) is 3.83. The zero-order chi connectivity index (χ0) is 25.6. The van der Waals surface area contributed by atoms with Gasteiger partial charge < -0.3 is 19.1 Å². The highest BCUT2D eigenvalue weighted by Crippen LogP contribution is 2.29. The lowest BCUT2D eigenvalue weighted by Crippen LogP contribution is -2.41. The van der Waals surface area contributed by atoms with Crippen LogP contribution in [0.3, 0.4) is 0 Å². The molecule has 0 atom stereocenters. The van der Waals surface area contributed by atoms with Crippen molar-refractivity contribution in [2.24, 2.45) is 0 Å². The summed E-state index contributed by atoms with van der Waals surface area (Å²) < 4.78 is 16.8. The van der Waals surface area contributed by atoms with Crippen molar-refractivity contribution in [3.8, 4) is 11.6 Å². The van der Waals surface area contributed by atoms with Crippen LogP contribution in [0.15, 0.2) is 36.4 Å². The molecule has 0 N–H and O–H groups in total. The number of ether oxygens (including phenoxy) is 3. The number of nitrogens with zero attached hydrogens (tertiary/aromatic N) is 3. The van der Waals surface area contributed by atoms with Crippen molar-refractivity contribution in [1.82, 2.24) is 14.9 Å². The molecule has 1 fully saturated rings. The number of amides is 2. The summed E-state index contributed by atoms with van der Waals surface area (Å²) in [4.78, 5) is 36.1. The van der Waals surface area contributed by atoms with Gasteiger partial charge in [0.1, 0.15) is 18.0 Å². The van der Waals surface area contributed by atoms with Gasteiger partial charge in [0, 0.05) is 37.8 Å². The molecule has 1 aromatic carbocycles. The number of likely N-dealkylation sites (tertiary alicyclic amines) is 1. The lowest BCUT2D eigenvalue weighted by atomic mass is 9.93. The lowest BCUT2D eigenvalue weighted by Gasteiger charge is -2.33. The third kappa shape index (κ3) is 7.08. The molecule has 0 bridgehead atoms. The van der Waals surface area contributed by atoms with Gasteiger partial charge in [0.15, 0.2) is 0 Å². The van der Waals surface area contributed by atoms with Crippen molar-refractivity contribution in [2.75, 3.05) is 34.4 Å². The van der Waals surface area contributed by atoms with Crippen LogP contribution < -0.4 is 9.47 Å². The summed E-state index contributed by atoms with van der Waals surface area (Å²) in [5, 5.41) is 1.14. The molecular weight excluding hydrogens is 450 g/mol. The minimum atomic E-state index is -0.499. The summed E-state index contributed by atoms with van der Waals surface area (Å²) in [7, 11) is 4.49. The predicted molar refractivity (Wildman–Crippen MR) is 130 cm³/mol. The maximum Gasteiger partial charge on any atom is 0.410 e. The maximum atomic E-state index is 12.4. The Morgan fingerprint density at radius 2 is 1.83 bits per heavy atom. The van der Waals surface area contributed by atoms with Gasteiger partial charge in [0.2, 0.25) is 5.88 Å². The molecule has 0 aliphatic carbocycles. The van der Waals surface area contributed by atoms with E-state index in [1.54, 1.807) is 24.1 Å². The van der Waals surface area contributed by atoms with Gasteiger partial charge in [0.05, 0.1) is 19.8 Å². The van der Waals surface area contributed by atoms with Gasteiger partial charge in [-0.15, -0.1) is 0 Å². The van der Waals surface area contributed by atoms with Crippen LogP contribution in [-0.4, -0.2) is 66.9 Å². The van der Waals surface area contributed by atoms with Crippen molar-refractivity contribution in [2.45, 2.75) is 51.7 Å². The number of hydrogen-bond acceptors (Lipinski definition) is 7. The smallest absolute Gasteiger partial charge is 0.410 e. The number of pyridine rings is 1. The Morgan fingerprint density at radius 1 is 1.11 bits per heavy atom. The molecule has 0 unspecified atom stereocenters. The average Bonchev–Trinajstić information content (AvgIpc) is 2.85.